The lowest BCUT2D eigenvalue weighted by molar-refractivity contribution is -0.115. The third kappa shape index (κ3) is 2.76. The first-order valence-corrected chi connectivity index (χ1v) is 7.94. The average molecular weight is 315 g/mol. The van der Waals surface area contributed by atoms with Crippen LogP contribution in [0.3, 0.4) is 0 Å². The standard InChI is InChI=1S/C21H17NO2/c1-14-6-9-20-19(10-14)17(13-24-20)12-21(23)22-18-8-7-15-4-2-3-5-16(15)11-18/h2-11,13H,12H2,1H3,(H,22,23). The van der Waals surface area contributed by atoms with Crippen LogP contribution < -0.4 is 5.32 Å². The van der Waals surface area contributed by atoms with Crippen molar-refractivity contribution >= 4 is 33.3 Å². The smallest absolute Gasteiger partial charge is 0.228 e. The lowest BCUT2D eigenvalue weighted by Gasteiger charge is -2.06. The van der Waals surface area contributed by atoms with Crippen molar-refractivity contribution in [1.82, 2.24) is 0 Å². The van der Waals surface area contributed by atoms with Crippen LogP contribution in [-0.2, 0) is 11.2 Å². The van der Waals surface area contributed by atoms with Crippen molar-refractivity contribution in [3.63, 3.8) is 0 Å². The number of hydrogen-bond donors (Lipinski definition) is 1. The van der Waals surface area contributed by atoms with Gasteiger partial charge in [-0.05, 0) is 42.0 Å². The SMILES string of the molecule is Cc1ccc2occ(CC(=O)Nc3ccc4ccccc4c3)c2c1. The quantitative estimate of drug-likeness (QED) is 0.573. The predicted molar refractivity (Wildman–Crippen MR) is 97.2 cm³/mol. The minimum absolute atomic E-state index is 0.0468. The zero-order chi connectivity index (χ0) is 16.5. The molecule has 0 radical (unpaired) electrons. The Balaban J connectivity index is 1.55. The van der Waals surface area contributed by atoms with Gasteiger partial charge in [0, 0.05) is 16.6 Å². The van der Waals surface area contributed by atoms with Gasteiger partial charge in [0.05, 0.1) is 12.7 Å². The number of furan rings is 1. The van der Waals surface area contributed by atoms with Crippen molar-refractivity contribution in [2.24, 2.45) is 0 Å². The number of rotatable bonds is 3. The molecule has 1 heterocycles. The second-order valence-electron chi connectivity index (χ2n) is 6.05. The molecule has 0 aliphatic heterocycles. The van der Waals surface area contributed by atoms with E-state index in [2.05, 4.69) is 17.4 Å². The Morgan fingerprint density at radius 2 is 1.83 bits per heavy atom. The summed E-state index contributed by atoms with van der Waals surface area (Å²) >= 11 is 0. The highest BCUT2D eigenvalue weighted by atomic mass is 16.3. The van der Waals surface area contributed by atoms with E-state index in [1.54, 1.807) is 6.26 Å². The van der Waals surface area contributed by atoms with Gasteiger partial charge in [-0.25, -0.2) is 0 Å². The fraction of sp³-hybridized carbons (Fsp3) is 0.0952. The Labute approximate surface area is 139 Å². The van der Waals surface area contributed by atoms with Crippen molar-refractivity contribution < 1.29 is 9.21 Å². The summed E-state index contributed by atoms with van der Waals surface area (Å²) in [6.45, 7) is 2.03. The van der Waals surface area contributed by atoms with Crippen molar-refractivity contribution in [3.05, 3.63) is 78.1 Å². The summed E-state index contributed by atoms with van der Waals surface area (Å²) in [6, 6.07) is 20.0. The van der Waals surface area contributed by atoms with Gasteiger partial charge in [-0.1, -0.05) is 42.0 Å². The van der Waals surface area contributed by atoms with Crippen LogP contribution in [0, 0.1) is 6.92 Å². The van der Waals surface area contributed by atoms with E-state index in [9.17, 15) is 4.79 Å². The molecule has 0 atom stereocenters. The molecule has 1 aromatic heterocycles. The van der Waals surface area contributed by atoms with E-state index in [1.165, 1.54) is 0 Å². The van der Waals surface area contributed by atoms with Crippen LogP contribution >= 0.6 is 0 Å². The summed E-state index contributed by atoms with van der Waals surface area (Å²) in [5.41, 5.74) is 3.68. The lowest BCUT2D eigenvalue weighted by Crippen LogP contribution is -2.14. The first-order chi connectivity index (χ1) is 11.7. The molecular formula is C21H17NO2. The van der Waals surface area contributed by atoms with Gasteiger partial charge in [-0.2, -0.15) is 0 Å². The van der Waals surface area contributed by atoms with Crippen LogP contribution in [0.1, 0.15) is 11.1 Å². The molecule has 3 heteroatoms. The van der Waals surface area contributed by atoms with Crippen molar-refractivity contribution in [2.45, 2.75) is 13.3 Å². The maximum absolute atomic E-state index is 12.4. The van der Waals surface area contributed by atoms with Crippen LogP contribution in [-0.4, -0.2) is 5.91 Å². The number of hydrogen-bond acceptors (Lipinski definition) is 2. The molecule has 4 aromatic rings. The number of aryl methyl sites for hydroxylation is 1. The second kappa shape index (κ2) is 5.85. The zero-order valence-corrected chi connectivity index (χ0v) is 13.4. The molecule has 0 fully saturated rings. The summed E-state index contributed by atoms with van der Waals surface area (Å²) in [5.74, 6) is -0.0468. The molecule has 118 valence electrons. The zero-order valence-electron chi connectivity index (χ0n) is 13.4. The molecule has 3 nitrogen and oxygen atoms in total. The van der Waals surface area contributed by atoms with Gasteiger partial charge in [0.25, 0.3) is 0 Å². The minimum atomic E-state index is -0.0468. The Kier molecular flexibility index (Phi) is 3.54. The third-order valence-electron chi connectivity index (χ3n) is 4.19. The number of carbonyl (C=O) groups is 1. The molecule has 0 aliphatic carbocycles. The summed E-state index contributed by atoms with van der Waals surface area (Å²) in [6.07, 6.45) is 1.97. The first kappa shape index (κ1) is 14.5. The largest absolute Gasteiger partial charge is 0.464 e. The van der Waals surface area contributed by atoms with Crippen LogP contribution in [0.2, 0.25) is 0 Å². The van der Waals surface area contributed by atoms with E-state index < -0.39 is 0 Å². The maximum Gasteiger partial charge on any atom is 0.228 e. The Bertz CT molecular complexity index is 1050. The molecule has 0 bridgehead atoms. The van der Waals surface area contributed by atoms with Gasteiger partial charge >= 0.3 is 0 Å². The molecule has 0 aliphatic rings. The molecule has 1 amide bonds. The second-order valence-corrected chi connectivity index (χ2v) is 6.05. The minimum Gasteiger partial charge on any atom is -0.464 e. The Hall–Kier alpha value is -3.07. The predicted octanol–water partition coefficient (Wildman–Crippen LogP) is 5.08. The number of nitrogens with one attached hydrogen (secondary N) is 1. The fourth-order valence-corrected chi connectivity index (χ4v) is 2.98. The molecule has 1 N–H and O–H groups in total. The molecule has 0 saturated heterocycles. The molecule has 0 saturated carbocycles. The number of anilines is 1. The number of amides is 1. The molecule has 3 aromatic carbocycles. The first-order valence-electron chi connectivity index (χ1n) is 7.94. The van der Waals surface area contributed by atoms with E-state index >= 15 is 0 Å². The monoisotopic (exact) mass is 315 g/mol. The van der Waals surface area contributed by atoms with E-state index in [1.807, 2.05) is 55.5 Å². The lowest BCUT2D eigenvalue weighted by atomic mass is 10.1. The highest BCUT2D eigenvalue weighted by molar-refractivity contribution is 5.97. The molecule has 4 rings (SSSR count). The number of benzene rings is 3. The highest BCUT2D eigenvalue weighted by Crippen LogP contribution is 2.24. The number of fused-ring (bicyclic) bond motifs is 2. The van der Waals surface area contributed by atoms with Crippen LogP contribution in [0.5, 0.6) is 0 Å². The van der Waals surface area contributed by atoms with E-state index in [0.29, 0.717) is 6.42 Å². The molecule has 24 heavy (non-hydrogen) atoms. The van der Waals surface area contributed by atoms with Crippen molar-refractivity contribution in [2.75, 3.05) is 5.32 Å². The van der Waals surface area contributed by atoms with Gasteiger partial charge in [-0.15, -0.1) is 0 Å². The highest BCUT2D eigenvalue weighted by Gasteiger charge is 2.11. The van der Waals surface area contributed by atoms with Crippen LogP contribution in [0.15, 0.2) is 71.3 Å². The third-order valence-corrected chi connectivity index (χ3v) is 4.19. The fourth-order valence-electron chi connectivity index (χ4n) is 2.98. The molecule has 0 unspecified atom stereocenters. The van der Waals surface area contributed by atoms with E-state index in [4.69, 9.17) is 4.42 Å². The maximum atomic E-state index is 12.4. The molecular weight excluding hydrogens is 298 g/mol. The van der Waals surface area contributed by atoms with Gasteiger partial charge in [-0.3, -0.25) is 4.79 Å². The topological polar surface area (TPSA) is 42.2 Å². The van der Waals surface area contributed by atoms with Gasteiger partial charge in [0.15, 0.2) is 0 Å². The van der Waals surface area contributed by atoms with Crippen LogP contribution in [0.25, 0.3) is 21.7 Å². The Morgan fingerprint density at radius 1 is 1.00 bits per heavy atom. The van der Waals surface area contributed by atoms with E-state index in [0.717, 1.165) is 38.6 Å². The normalized spacial score (nSPS) is 11.0. The molecule has 0 spiro atoms. The Morgan fingerprint density at radius 3 is 2.71 bits per heavy atom. The average Bonchev–Trinajstić information content (AvgIpc) is 2.97. The van der Waals surface area contributed by atoms with E-state index in [-0.39, 0.29) is 5.91 Å². The van der Waals surface area contributed by atoms with Gasteiger partial charge in [0.2, 0.25) is 5.91 Å². The summed E-state index contributed by atoms with van der Waals surface area (Å²) < 4.78 is 5.53. The summed E-state index contributed by atoms with van der Waals surface area (Å²) in [7, 11) is 0. The van der Waals surface area contributed by atoms with Crippen molar-refractivity contribution in [1.29, 1.82) is 0 Å². The van der Waals surface area contributed by atoms with Gasteiger partial charge in [0.1, 0.15) is 5.58 Å². The summed E-state index contributed by atoms with van der Waals surface area (Å²) in [4.78, 5) is 12.4. The van der Waals surface area contributed by atoms with Gasteiger partial charge < -0.3 is 9.73 Å². The van der Waals surface area contributed by atoms with Crippen molar-refractivity contribution in [3.8, 4) is 0 Å². The van der Waals surface area contributed by atoms with Crippen LogP contribution in [0.4, 0.5) is 5.69 Å². The summed E-state index contributed by atoms with van der Waals surface area (Å²) in [5, 5.41) is 6.24. The number of carbonyl (C=O) groups excluding carboxylic acids is 1.